The molecule has 1 aliphatic rings. The van der Waals surface area contributed by atoms with Crippen molar-refractivity contribution in [1.82, 2.24) is 9.80 Å². The number of amides is 2. The molecule has 2 amide bonds. The number of ether oxygens (including phenoxy) is 1. The molecule has 1 heterocycles. The topological polar surface area (TPSA) is 49.9 Å². The minimum atomic E-state index is -0.343. The summed E-state index contributed by atoms with van der Waals surface area (Å²) in [5.41, 5.74) is 1.73. The maximum absolute atomic E-state index is 13.2. The second-order valence-electron chi connectivity index (χ2n) is 6.67. The lowest BCUT2D eigenvalue weighted by Gasteiger charge is -2.34. The summed E-state index contributed by atoms with van der Waals surface area (Å²) < 4.78 is 18.8. The summed E-state index contributed by atoms with van der Waals surface area (Å²) >= 11 is 0. The van der Waals surface area contributed by atoms with Gasteiger partial charge in [-0.2, -0.15) is 0 Å². The van der Waals surface area contributed by atoms with Gasteiger partial charge < -0.3 is 14.5 Å². The van der Waals surface area contributed by atoms with Gasteiger partial charge in [0.15, 0.2) is 6.61 Å². The number of aryl methyl sites for hydroxylation is 1. The Morgan fingerprint density at radius 1 is 0.963 bits per heavy atom. The Morgan fingerprint density at radius 2 is 1.63 bits per heavy atom. The van der Waals surface area contributed by atoms with Crippen LogP contribution in [-0.4, -0.2) is 54.4 Å². The highest BCUT2D eigenvalue weighted by Gasteiger charge is 2.24. The molecule has 0 saturated carbocycles. The van der Waals surface area contributed by atoms with Gasteiger partial charge in [-0.15, -0.1) is 0 Å². The number of nitrogens with zero attached hydrogens (tertiary/aromatic N) is 2. The zero-order valence-corrected chi connectivity index (χ0v) is 15.4. The fraction of sp³-hybridized carbons (Fsp3) is 0.333. The summed E-state index contributed by atoms with van der Waals surface area (Å²) in [4.78, 5) is 28.1. The lowest BCUT2D eigenvalue weighted by molar-refractivity contribution is -0.140. The molecule has 0 bridgehead atoms. The summed E-state index contributed by atoms with van der Waals surface area (Å²) in [6.07, 6.45) is 0.169. The van der Waals surface area contributed by atoms with Gasteiger partial charge in [-0.05, 0) is 42.3 Å². The maximum atomic E-state index is 13.2. The Morgan fingerprint density at radius 3 is 2.30 bits per heavy atom. The predicted octanol–water partition coefficient (Wildman–Crippen LogP) is 2.43. The summed E-state index contributed by atoms with van der Waals surface area (Å²) in [7, 11) is 0. The van der Waals surface area contributed by atoms with Crippen LogP contribution in [0, 0.1) is 12.7 Å². The van der Waals surface area contributed by atoms with E-state index in [1.165, 1.54) is 12.1 Å². The molecule has 0 aromatic heterocycles. The molecule has 1 fully saturated rings. The van der Waals surface area contributed by atoms with Gasteiger partial charge in [0.25, 0.3) is 5.91 Å². The molecule has 0 aliphatic carbocycles. The minimum absolute atomic E-state index is 0.0132. The Hall–Kier alpha value is -2.89. The Balaban J connectivity index is 1.45. The lowest BCUT2D eigenvalue weighted by atomic mass is 10.1. The molecule has 3 rings (SSSR count). The van der Waals surface area contributed by atoms with Crippen LogP contribution < -0.4 is 4.74 Å². The quantitative estimate of drug-likeness (QED) is 0.812. The molecular formula is C21H23FN2O3. The van der Waals surface area contributed by atoms with E-state index < -0.39 is 0 Å². The van der Waals surface area contributed by atoms with Crippen molar-refractivity contribution in [1.29, 1.82) is 0 Å². The molecular weight excluding hydrogens is 347 g/mol. The van der Waals surface area contributed by atoms with Gasteiger partial charge in [-0.25, -0.2) is 4.39 Å². The molecule has 0 radical (unpaired) electrons. The van der Waals surface area contributed by atoms with Crippen LogP contribution >= 0.6 is 0 Å². The molecule has 0 atom stereocenters. The van der Waals surface area contributed by atoms with Crippen LogP contribution in [0.2, 0.25) is 0 Å². The molecule has 6 heteroatoms. The first-order chi connectivity index (χ1) is 13.0. The van der Waals surface area contributed by atoms with E-state index >= 15 is 0 Å². The van der Waals surface area contributed by atoms with Gasteiger partial charge in [0.1, 0.15) is 11.6 Å². The van der Waals surface area contributed by atoms with Gasteiger partial charge in [0.05, 0.1) is 6.42 Å². The summed E-state index contributed by atoms with van der Waals surface area (Å²) in [6, 6.07) is 13.6. The Kier molecular flexibility index (Phi) is 6.06. The van der Waals surface area contributed by atoms with Crippen LogP contribution in [0.25, 0.3) is 0 Å². The maximum Gasteiger partial charge on any atom is 0.260 e. The van der Waals surface area contributed by atoms with E-state index in [-0.39, 0.29) is 30.7 Å². The molecule has 5 nitrogen and oxygen atoms in total. The monoisotopic (exact) mass is 370 g/mol. The number of rotatable bonds is 5. The third kappa shape index (κ3) is 5.29. The van der Waals surface area contributed by atoms with E-state index in [0.29, 0.717) is 37.5 Å². The van der Waals surface area contributed by atoms with Crippen LogP contribution in [0.1, 0.15) is 11.1 Å². The van der Waals surface area contributed by atoms with E-state index in [4.69, 9.17) is 4.74 Å². The molecule has 2 aromatic carbocycles. The van der Waals surface area contributed by atoms with Crippen LogP contribution in [-0.2, 0) is 16.0 Å². The lowest BCUT2D eigenvalue weighted by Crippen LogP contribution is -2.52. The molecule has 0 spiro atoms. The minimum Gasteiger partial charge on any atom is -0.484 e. The average Bonchev–Trinajstić information content (AvgIpc) is 2.66. The van der Waals surface area contributed by atoms with Crippen molar-refractivity contribution in [3.05, 3.63) is 65.5 Å². The van der Waals surface area contributed by atoms with Crippen LogP contribution in [0.3, 0.4) is 0 Å². The van der Waals surface area contributed by atoms with Crippen molar-refractivity contribution in [2.45, 2.75) is 13.3 Å². The standard InChI is InChI=1S/C21H23FN2O3/c1-16-4-2-7-19(12-16)27-15-21(26)24-10-8-23(9-11-24)20(25)14-17-5-3-6-18(22)13-17/h2-7,12-13H,8-11,14-15H2,1H3. The number of halogens is 1. The van der Waals surface area contributed by atoms with E-state index in [2.05, 4.69) is 0 Å². The smallest absolute Gasteiger partial charge is 0.260 e. The zero-order valence-electron chi connectivity index (χ0n) is 15.4. The number of benzene rings is 2. The number of piperazine rings is 1. The van der Waals surface area contributed by atoms with Crippen molar-refractivity contribution in [2.75, 3.05) is 32.8 Å². The highest BCUT2D eigenvalue weighted by molar-refractivity contribution is 5.80. The van der Waals surface area contributed by atoms with E-state index in [0.717, 1.165) is 5.56 Å². The SMILES string of the molecule is Cc1cccc(OCC(=O)N2CCN(C(=O)Cc3cccc(F)c3)CC2)c1. The predicted molar refractivity (Wildman–Crippen MR) is 99.9 cm³/mol. The highest BCUT2D eigenvalue weighted by Crippen LogP contribution is 2.13. The van der Waals surface area contributed by atoms with Gasteiger partial charge in [-0.1, -0.05) is 24.3 Å². The fourth-order valence-corrected chi connectivity index (χ4v) is 3.08. The van der Waals surface area contributed by atoms with Gasteiger partial charge in [-0.3, -0.25) is 9.59 Å². The largest absolute Gasteiger partial charge is 0.484 e. The number of carbonyl (C=O) groups excluding carboxylic acids is 2. The van der Waals surface area contributed by atoms with Crippen molar-refractivity contribution < 1.29 is 18.7 Å². The molecule has 142 valence electrons. The van der Waals surface area contributed by atoms with Crippen LogP contribution in [0.4, 0.5) is 4.39 Å². The van der Waals surface area contributed by atoms with Crippen LogP contribution in [0.5, 0.6) is 5.75 Å². The van der Waals surface area contributed by atoms with Crippen LogP contribution in [0.15, 0.2) is 48.5 Å². The Labute approximate surface area is 158 Å². The van der Waals surface area contributed by atoms with Crippen molar-refractivity contribution >= 4 is 11.8 Å². The zero-order chi connectivity index (χ0) is 19.2. The molecule has 27 heavy (non-hydrogen) atoms. The molecule has 1 saturated heterocycles. The van der Waals surface area contributed by atoms with Crippen molar-refractivity contribution in [3.8, 4) is 5.75 Å². The summed E-state index contributed by atoms with van der Waals surface area (Å²) in [6.45, 7) is 3.86. The highest BCUT2D eigenvalue weighted by atomic mass is 19.1. The van der Waals surface area contributed by atoms with E-state index in [9.17, 15) is 14.0 Å². The van der Waals surface area contributed by atoms with Crippen molar-refractivity contribution in [3.63, 3.8) is 0 Å². The van der Waals surface area contributed by atoms with E-state index in [1.54, 1.807) is 21.9 Å². The third-order valence-corrected chi connectivity index (χ3v) is 4.58. The average molecular weight is 370 g/mol. The second-order valence-corrected chi connectivity index (χ2v) is 6.67. The first-order valence-electron chi connectivity index (χ1n) is 9.01. The van der Waals surface area contributed by atoms with Crippen molar-refractivity contribution in [2.24, 2.45) is 0 Å². The number of carbonyl (C=O) groups is 2. The molecule has 1 aliphatic heterocycles. The number of hydrogen-bond acceptors (Lipinski definition) is 3. The molecule has 0 N–H and O–H groups in total. The second kappa shape index (κ2) is 8.66. The number of hydrogen-bond donors (Lipinski definition) is 0. The molecule has 2 aromatic rings. The normalized spacial score (nSPS) is 14.1. The Bertz CT molecular complexity index is 817. The van der Waals surface area contributed by atoms with Gasteiger partial charge in [0, 0.05) is 26.2 Å². The first-order valence-corrected chi connectivity index (χ1v) is 9.01. The van der Waals surface area contributed by atoms with Gasteiger partial charge >= 0.3 is 0 Å². The summed E-state index contributed by atoms with van der Waals surface area (Å²) in [5, 5.41) is 0. The first kappa shape index (κ1) is 18.9. The third-order valence-electron chi connectivity index (χ3n) is 4.58. The summed E-state index contributed by atoms with van der Waals surface area (Å²) in [5.74, 6) is 0.189. The fourth-order valence-electron chi connectivity index (χ4n) is 3.08. The van der Waals surface area contributed by atoms with E-state index in [1.807, 2.05) is 31.2 Å². The molecule has 0 unspecified atom stereocenters. The van der Waals surface area contributed by atoms with Gasteiger partial charge in [0.2, 0.25) is 5.91 Å².